The summed E-state index contributed by atoms with van der Waals surface area (Å²) in [5, 5.41) is 12.5. The number of benzene rings is 2. The first-order chi connectivity index (χ1) is 13.0. The molecule has 27 heavy (non-hydrogen) atoms. The lowest BCUT2D eigenvalue weighted by Gasteiger charge is -2.19. The molecule has 0 unspecified atom stereocenters. The molecule has 1 heterocycles. The van der Waals surface area contributed by atoms with Gasteiger partial charge in [-0.05, 0) is 70.6 Å². The summed E-state index contributed by atoms with van der Waals surface area (Å²) in [5.41, 5.74) is 3.49. The third kappa shape index (κ3) is 5.17. The topological polar surface area (TPSA) is 58.6 Å². The Morgan fingerprint density at radius 2 is 2.00 bits per heavy atom. The Morgan fingerprint density at radius 3 is 2.74 bits per heavy atom. The molecule has 0 saturated heterocycles. The molecule has 0 aliphatic carbocycles. The van der Waals surface area contributed by atoms with Crippen LogP contribution >= 0.6 is 15.9 Å². The minimum absolute atomic E-state index is 0.322. The summed E-state index contributed by atoms with van der Waals surface area (Å²) in [6.07, 6.45) is 2.35. The largest absolute Gasteiger partial charge is 0.492 e. The number of carbonyl (C=O) groups is 1. The molecule has 2 aromatic carbocycles. The molecule has 0 atom stereocenters. The van der Waals surface area contributed by atoms with E-state index in [1.165, 1.54) is 12.1 Å². The van der Waals surface area contributed by atoms with Gasteiger partial charge in [-0.1, -0.05) is 24.3 Å². The number of aryl methyl sites for hydroxylation is 1. The van der Waals surface area contributed by atoms with Crippen molar-refractivity contribution in [3.8, 4) is 5.75 Å². The molecule has 3 rings (SSSR count). The molecule has 0 radical (unpaired) electrons. The van der Waals surface area contributed by atoms with Crippen LogP contribution in [0.2, 0.25) is 0 Å². The summed E-state index contributed by atoms with van der Waals surface area (Å²) in [6.45, 7) is 1.68. The Hall–Kier alpha value is -2.18. The van der Waals surface area contributed by atoms with E-state index in [-0.39, 0.29) is 5.82 Å². The first-order valence-corrected chi connectivity index (χ1v) is 9.67. The van der Waals surface area contributed by atoms with Crippen molar-refractivity contribution < 1.29 is 19.0 Å². The average Bonchev–Trinajstić information content (AvgIpc) is 2.68. The number of nitrogens with one attached hydrogen (secondary N) is 1. The maximum Gasteiger partial charge on any atom is 0.333 e. The van der Waals surface area contributed by atoms with Gasteiger partial charge in [0, 0.05) is 12.6 Å². The van der Waals surface area contributed by atoms with Crippen molar-refractivity contribution >= 4 is 27.5 Å². The Morgan fingerprint density at radius 1 is 1.22 bits per heavy atom. The Kier molecular flexibility index (Phi) is 6.63. The molecular formula is C21H21BrFNO3. The number of hydrogen-bond donors (Lipinski definition) is 2. The van der Waals surface area contributed by atoms with Crippen LogP contribution in [0, 0.1) is 5.82 Å². The van der Waals surface area contributed by atoms with Gasteiger partial charge in [-0.25, -0.2) is 9.18 Å². The van der Waals surface area contributed by atoms with E-state index in [4.69, 9.17) is 4.74 Å². The van der Waals surface area contributed by atoms with Gasteiger partial charge >= 0.3 is 5.97 Å². The lowest BCUT2D eigenvalue weighted by atomic mass is 9.93. The molecule has 1 aliphatic heterocycles. The molecule has 6 heteroatoms. The Balaban J connectivity index is 1.56. The minimum atomic E-state index is -0.859. The van der Waals surface area contributed by atoms with Gasteiger partial charge in [0.2, 0.25) is 0 Å². The minimum Gasteiger partial charge on any atom is -0.492 e. The van der Waals surface area contributed by atoms with Gasteiger partial charge in [-0.3, -0.25) is 0 Å². The lowest BCUT2D eigenvalue weighted by molar-refractivity contribution is -0.132. The highest BCUT2D eigenvalue weighted by molar-refractivity contribution is 9.10. The first-order valence-electron chi connectivity index (χ1n) is 8.88. The van der Waals surface area contributed by atoms with Crippen molar-refractivity contribution in [2.75, 3.05) is 19.7 Å². The molecule has 0 bridgehead atoms. The summed E-state index contributed by atoms with van der Waals surface area (Å²) in [4.78, 5) is 11.4. The third-order valence-corrected chi connectivity index (χ3v) is 5.19. The zero-order valence-corrected chi connectivity index (χ0v) is 16.4. The molecule has 4 nitrogen and oxygen atoms in total. The second-order valence-electron chi connectivity index (χ2n) is 6.41. The van der Waals surface area contributed by atoms with Crippen LogP contribution in [0.4, 0.5) is 4.39 Å². The van der Waals surface area contributed by atoms with Crippen molar-refractivity contribution in [2.24, 2.45) is 0 Å². The zero-order valence-electron chi connectivity index (χ0n) is 14.8. The van der Waals surface area contributed by atoms with Gasteiger partial charge in [0.05, 0.1) is 16.7 Å². The van der Waals surface area contributed by atoms with E-state index in [2.05, 4.69) is 21.2 Å². The van der Waals surface area contributed by atoms with Gasteiger partial charge < -0.3 is 15.2 Å². The maximum absolute atomic E-state index is 13.2. The van der Waals surface area contributed by atoms with Gasteiger partial charge in [0.15, 0.2) is 0 Å². The lowest BCUT2D eigenvalue weighted by Crippen LogP contribution is -2.28. The van der Waals surface area contributed by atoms with E-state index in [9.17, 15) is 14.3 Å². The van der Waals surface area contributed by atoms with Crippen LogP contribution in [0.15, 0.2) is 52.5 Å². The van der Waals surface area contributed by atoms with Crippen LogP contribution in [0.5, 0.6) is 5.75 Å². The molecular weight excluding hydrogens is 413 g/mol. The van der Waals surface area contributed by atoms with E-state index < -0.39 is 5.97 Å². The van der Waals surface area contributed by atoms with E-state index in [1.807, 2.05) is 24.3 Å². The number of ether oxygens (including phenoxy) is 1. The number of rotatable bonds is 7. The van der Waals surface area contributed by atoms with E-state index in [0.717, 1.165) is 47.0 Å². The number of hydrogen-bond acceptors (Lipinski definition) is 3. The van der Waals surface area contributed by atoms with Gasteiger partial charge in [0.25, 0.3) is 0 Å². The van der Waals surface area contributed by atoms with E-state index in [1.54, 1.807) is 6.07 Å². The molecule has 0 saturated carbocycles. The van der Waals surface area contributed by atoms with E-state index >= 15 is 0 Å². The molecule has 0 fully saturated rings. The average molecular weight is 434 g/mol. The molecule has 2 aromatic rings. The van der Waals surface area contributed by atoms with Gasteiger partial charge in [-0.15, -0.1) is 0 Å². The van der Waals surface area contributed by atoms with Crippen LogP contribution in [0.25, 0.3) is 5.57 Å². The van der Waals surface area contributed by atoms with Crippen LogP contribution in [0.3, 0.4) is 0 Å². The highest BCUT2D eigenvalue weighted by Crippen LogP contribution is 2.27. The Labute approximate surface area is 166 Å². The summed E-state index contributed by atoms with van der Waals surface area (Å²) in [7, 11) is 0. The standard InChI is InChI=1S/C21H21BrFNO3/c22-19-8-7-16(23)12-20(19)27-11-1-2-14-3-5-15(6-4-14)17-9-10-24-13-18(17)21(25)26/h3-8,12,24H,1-2,9-11,13H2,(H,25,26). The number of carboxylic acids is 1. The van der Waals surface area contributed by atoms with Crippen LogP contribution < -0.4 is 10.1 Å². The summed E-state index contributed by atoms with van der Waals surface area (Å²) < 4.78 is 19.6. The van der Waals surface area contributed by atoms with Crippen molar-refractivity contribution in [2.45, 2.75) is 19.3 Å². The quantitative estimate of drug-likeness (QED) is 0.634. The SMILES string of the molecule is O=C(O)C1=C(c2ccc(CCCOc3cc(F)ccc3Br)cc2)CCNC1. The first kappa shape index (κ1) is 19.6. The fourth-order valence-corrected chi connectivity index (χ4v) is 3.49. The van der Waals surface area contributed by atoms with Gasteiger partial charge in [0.1, 0.15) is 11.6 Å². The van der Waals surface area contributed by atoms with Crippen LogP contribution in [0.1, 0.15) is 24.0 Å². The van der Waals surface area contributed by atoms with E-state index in [0.29, 0.717) is 24.5 Å². The number of halogens is 2. The number of aliphatic carboxylic acids is 1. The highest BCUT2D eigenvalue weighted by atomic mass is 79.9. The van der Waals surface area contributed by atoms with Crippen LogP contribution in [-0.4, -0.2) is 30.8 Å². The van der Waals surface area contributed by atoms with Crippen LogP contribution in [-0.2, 0) is 11.2 Å². The number of carboxylic acid groups (broad SMARTS) is 1. The van der Waals surface area contributed by atoms with Gasteiger partial charge in [-0.2, -0.15) is 0 Å². The Bertz CT molecular complexity index is 849. The third-order valence-electron chi connectivity index (χ3n) is 4.54. The zero-order chi connectivity index (χ0) is 19.2. The van der Waals surface area contributed by atoms with Crippen molar-refractivity contribution in [3.05, 3.63) is 69.5 Å². The highest BCUT2D eigenvalue weighted by Gasteiger charge is 2.19. The smallest absolute Gasteiger partial charge is 0.333 e. The molecule has 0 spiro atoms. The molecule has 0 amide bonds. The second kappa shape index (κ2) is 9.15. The molecule has 0 aromatic heterocycles. The molecule has 2 N–H and O–H groups in total. The second-order valence-corrected chi connectivity index (χ2v) is 7.27. The fraction of sp³-hybridized carbons (Fsp3) is 0.286. The summed E-state index contributed by atoms with van der Waals surface area (Å²) >= 11 is 3.35. The summed E-state index contributed by atoms with van der Waals surface area (Å²) in [6, 6.07) is 12.4. The molecule has 1 aliphatic rings. The fourth-order valence-electron chi connectivity index (χ4n) is 3.13. The normalized spacial score (nSPS) is 14.3. The predicted octanol–water partition coefficient (Wildman–Crippen LogP) is 4.43. The molecule has 142 valence electrons. The van der Waals surface area contributed by atoms with Crippen molar-refractivity contribution in [1.29, 1.82) is 0 Å². The summed E-state index contributed by atoms with van der Waals surface area (Å²) in [5.74, 6) is -0.678. The predicted molar refractivity (Wildman–Crippen MR) is 106 cm³/mol. The maximum atomic E-state index is 13.2. The monoisotopic (exact) mass is 433 g/mol. The van der Waals surface area contributed by atoms with Crippen molar-refractivity contribution in [3.63, 3.8) is 0 Å². The van der Waals surface area contributed by atoms with Crippen molar-refractivity contribution in [1.82, 2.24) is 5.32 Å².